The van der Waals surface area contributed by atoms with Gasteiger partial charge in [0.05, 0.1) is 14.4 Å². The zero-order chi connectivity index (χ0) is 34.7. The molecule has 0 aliphatic rings. The van der Waals surface area contributed by atoms with Gasteiger partial charge in [-0.3, -0.25) is 9.59 Å². The average Bonchev–Trinajstić information content (AvgIpc) is 2.99. The molecule has 0 aromatic heterocycles. The van der Waals surface area contributed by atoms with Crippen molar-refractivity contribution in [1.29, 1.82) is 0 Å². The van der Waals surface area contributed by atoms with Crippen LogP contribution in [0.15, 0.2) is 0 Å². The average molecular weight is 722 g/mol. The van der Waals surface area contributed by atoms with Crippen LogP contribution in [0.4, 0.5) is 0 Å². The molecule has 0 spiro atoms. The van der Waals surface area contributed by atoms with E-state index in [0.29, 0.717) is 6.42 Å². The fraction of sp³-hybridized carbons (Fsp3) is 0.514. The molecule has 0 aliphatic carbocycles. The summed E-state index contributed by atoms with van der Waals surface area (Å²) in [6.45, 7) is 3.82. The van der Waals surface area contributed by atoms with Gasteiger partial charge in [-0.15, -0.1) is 0 Å². The van der Waals surface area contributed by atoms with Crippen molar-refractivity contribution in [3.8, 4) is 82.9 Å². The Morgan fingerprint density at radius 1 is 0.708 bits per heavy atom. The van der Waals surface area contributed by atoms with Crippen molar-refractivity contribution in [3.63, 3.8) is 0 Å². The van der Waals surface area contributed by atoms with Gasteiger partial charge in [-0.1, -0.05) is 77.1 Å². The number of esters is 2. The Labute approximate surface area is 350 Å². The molecule has 13 heteroatoms. The van der Waals surface area contributed by atoms with E-state index in [9.17, 15) is 28.7 Å². The number of unbranched alkanes of at least 4 members (excludes halogenated alkanes) is 10. The maximum Gasteiger partial charge on any atom is 1.00 e. The van der Waals surface area contributed by atoms with Gasteiger partial charge >= 0.3 is 71.1 Å². The predicted molar refractivity (Wildman–Crippen MR) is 198 cm³/mol. The van der Waals surface area contributed by atoms with Gasteiger partial charge in [-0.25, -0.2) is 4.79 Å². The molecule has 0 radical (unpaired) electrons. The summed E-state index contributed by atoms with van der Waals surface area (Å²) < 4.78 is 25.0. The molecule has 0 heterocycles. The Morgan fingerprint density at radius 3 is 1.52 bits per heavy atom. The molecule has 0 unspecified atom stereocenters. The standard InChI is InChI=1S/C33H37O8P.C2H5NO.2Na.13H2/c1-3-5-7-9-11-13-15-16-18-19-21-23-25-27-32(34)39-29-31(30-40-42(36,37)38)41-33(35)28-26-24-22-20-17-14-12-10-8-6-4-2;1-2(3)4;;;;;;;;;;;;;;;/h31H,4,6,8,10,12,14,17,20,22,24,26,28-30H2,1-2H3,(H2,36,37,38);1H3,(H2,3,4);;;13*1H/q;;2*+1;;;;;;;;;;;;;/p-2/t31-;;;;;;;;;;;;;;;;/m1................/s1. The summed E-state index contributed by atoms with van der Waals surface area (Å²) >= 11 is 0. The fourth-order valence-electron chi connectivity index (χ4n) is 3.13. The summed E-state index contributed by atoms with van der Waals surface area (Å²) in [5, 5.41) is 0. The number of hydrogen-bond acceptors (Lipinski definition) is 9. The van der Waals surface area contributed by atoms with E-state index in [-0.39, 0.29) is 90.0 Å². The first-order chi connectivity index (χ1) is 22.0. The summed E-state index contributed by atoms with van der Waals surface area (Å²) in [4.78, 5) is 54.8. The van der Waals surface area contributed by atoms with Crippen molar-refractivity contribution in [2.75, 3.05) is 13.2 Å². The molecular weight excluding hydrogens is 655 g/mol. The Kier molecular flexibility index (Phi) is 42.3. The number of carbonyl (C=O) groups excluding carboxylic acids is 3. The molecule has 1 atom stereocenters. The molecule has 10 nitrogen and oxygen atoms in total. The summed E-state index contributed by atoms with van der Waals surface area (Å²) in [5.41, 5.74) is 4.47. The molecule has 0 saturated heterocycles. The van der Waals surface area contributed by atoms with Crippen LogP contribution in [0.2, 0.25) is 0 Å². The first-order valence-electron chi connectivity index (χ1n) is 14.7. The second-order valence-electron chi connectivity index (χ2n) is 9.22. The fourth-order valence-corrected chi connectivity index (χ4v) is 3.48. The predicted octanol–water partition coefficient (Wildman–Crippen LogP) is -0.271. The number of phosphoric ester groups is 1. The van der Waals surface area contributed by atoms with Gasteiger partial charge in [-0.2, -0.15) is 0 Å². The Hall–Kier alpha value is -2.56. The van der Waals surface area contributed by atoms with Gasteiger partial charge in [-0.05, 0) is 84.4 Å². The van der Waals surface area contributed by atoms with Gasteiger partial charge in [0.15, 0.2) is 6.10 Å². The van der Waals surface area contributed by atoms with Crippen LogP contribution in [0.3, 0.4) is 0 Å². The minimum Gasteiger partial charge on any atom is -0.790 e. The van der Waals surface area contributed by atoms with Crippen LogP contribution in [-0.2, 0) is 32.9 Å². The van der Waals surface area contributed by atoms with Crippen LogP contribution in [0.5, 0.6) is 0 Å². The first-order valence-corrected chi connectivity index (χ1v) is 16.2. The van der Waals surface area contributed by atoms with E-state index in [0.717, 1.165) is 19.3 Å². The largest absolute Gasteiger partial charge is 1.00 e. The van der Waals surface area contributed by atoms with Crippen LogP contribution in [-0.4, -0.2) is 37.2 Å². The molecule has 0 saturated carbocycles. The number of hydrogen-bond donors (Lipinski definition) is 1. The molecule has 272 valence electrons. The van der Waals surface area contributed by atoms with Crippen LogP contribution < -0.4 is 74.6 Å². The zero-order valence-electron chi connectivity index (χ0n) is 28.7. The Morgan fingerprint density at radius 2 is 1.10 bits per heavy atom. The minimum atomic E-state index is -5.32. The van der Waals surface area contributed by atoms with E-state index in [1.165, 1.54) is 51.9 Å². The van der Waals surface area contributed by atoms with Gasteiger partial charge in [0.25, 0.3) is 0 Å². The smallest absolute Gasteiger partial charge is 0.790 e. The zero-order valence-corrected chi connectivity index (χ0v) is 33.6. The second kappa shape index (κ2) is 38.9. The van der Waals surface area contributed by atoms with Crippen molar-refractivity contribution < 1.29 is 120 Å². The van der Waals surface area contributed by atoms with Crippen LogP contribution >= 0.6 is 7.82 Å². The SMILES string of the molecule is CC#CC#CC#CC#CC#CC#CC#CC(=O)OC[C@H](COP(=O)([O-])[O-])OC(=O)CCCCCCCCCCCCC.CC(N)=O.[HH].[HH].[HH].[HH].[HH].[HH].[HH].[HH].[HH].[HH].[HH].[HH].[HH].[Na+].[Na+]. The van der Waals surface area contributed by atoms with E-state index >= 15 is 0 Å². The Balaban J connectivity index is -0.0000000648. The summed E-state index contributed by atoms with van der Waals surface area (Å²) in [7, 11) is -5.32. The quantitative estimate of drug-likeness (QED) is 0.0501. The number of phosphoric acid groups is 1. The number of ether oxygens (including phenoxy) is 2. The summed E-state index contributed by atoms with van der Waals surface area (Å²) in [6.07, 6.45) is 11.1. The molecule has 0 aromatic carbocycles. The summed E-state index contributed by atoms with van der Waals surface area (Å²) in [6, 6.07) is 0. The molecule has 0 rings (SSSR count). The number of rotatable bonds is 18. The Bertz CT molecular complexity index is 1480. The van der Waals surface area contributed by atoms with Crippen molar-refractivity contribution in [3.05, 3.63) is 0 Å². The van der Waals surface area contributed by atoms with E-state index in [1.54, 1.807) is 6.92 Å². The third kappa shape index (κ3) is 47.8. The van der Waals surface area contributed by atoms with Crippen LogP contribution in [0.25, 0.3) is 0 Å². The maximum absolute atomic E-state index is 12.2. The van der Waals surface area contributed by atoms with Gasteiger partial charge < -0.3 is 34.1 Å². The second-order valence-corrected chi connectivity index (χ2v) is 10.4. The van der Waals surface area contributed by atoms with E-state index in [1.807, 2.05) is 0 Å². The third-order valence-electron chi connectivity index (χ3n) is 5.08. The van der Waals surface area contributed by atoms with E-state index < -0.39 is 39.1 Å². The molecule has 0 fully saturated rings. The van der Waals surface area contributed by atoms with Crippen LogP contribution in [0, 0.1) is 82.9 Å². The summed E-state index contributed by atoms with van der Waals surface area (Å²) in [5.74, 6) is 31.7. The van der Waals surface area contributed by atoms with Gasteiger partial charge in [0.1, 0.15) is 6.61 Å². The number of carbonyl (C=O) groups is 3. The third-order valence-corrected chi connectivity index (χ3v) is 5.54. The van der Waals surface area contributed by atoms with Gasteiger partial charge in [0, 0.05) is 37.8 Å². The first kappa shape index (κ1) is 52.3. The van der Waals surface area contributed by atoms with Crippen LogP contribution in [0.1, 0.15) is 116 Å². The molecule has 0 bridgehead atoms. The number of nitrogens with two attached hydrogens (primary N) is 1. The van der Waals surface area contributed by atoms with Crippen molar-refractivity contribution in [2.45, 2.75) is 104 Å². The molecule has 48 heavy (non-hydrogen) atoms. The van der Waals surface area contributed by atoms with E-state index in [4.69, 9.17) is 9.47 Å². The molecule has 0 aromatic rings. The molecule has 2 N–H and O–H groups in total. The molecular formula is C35H66NNa2O9P. The minimum absolute atomic E-state index is 0. The molecule has 0 aliphatic heterocycles. The van der Waals surface area contributed by atoms with E-state index in [2.05, 4.69) is 100 Å². The normalized spacial score (nSPS) is 9.02. The number of primary amides is 1. The van der Waals surface area contributed by atoms with Crippen molar-refractivity contribution in [2.24, 2.45) is 5.73 Å². The maximum atomic E-state index is 12.2. The van der Waals surface area contributed by atoms with Crippen molar-refractivity contribution in [1.82, 2.24) is 0 Å². The molecule has 1 amide bonds. The topological polar surface area (TPSA) is 168 Å². The monoisotopic (exact) mass is 721 g/mol. The number of amides is 1. The van der Waals surface area contributed by atoms with Crippen molar-refractivity contribution >= 4 is 25.7 Å². The van der Waals surface area contributed by atoms with Gasteiger partial charge in [0.2, 0.25) is 5.91 Å².